The standard InChI is InChI=1S/C34H38N6O7Si/c1-23-32(48(2,3)46)31(14-16-37-21-25(15-17-41)35-36-37)47-34(23)29-19-28(40(44)45)12-13-30(29)38(33(34)43)20-24-8-7-11-27(18-24)39(22-42)26-9-5-4-6-10-26/h4-13,18-19,21-23,31-32,41,46H,14-17,20H2,1-3H3/t23-,31+,32-,34+/m1/s1. The first kappa shape index (κ1) is 33.1. The first-order valence-corrected chi connectivity index (χ1v) is 18.9. The van der Waals surface area contributed by atoms with Gasteiger partial charge in [-0.05, 0) is 55.4 Å². The van der Waals surface area contributed by atoms with Gasteiger partial charge >= 0.3 is 0 Å². The van der Waals surface area contributed by atoms with Gasteiger partial charge in [-0.2, -0.15) is 0 Å². The minimum Gasteiger partial charge on any atom is -0.432 e. The average Bonchev–Trinajstić information content (AvgIpc) is 3.71. The highest BCUT2D eigenvalue weighted by Gasteiger charge is 2.66. The smallest absolute Gasteiger partial charge is 0.269 e. The Morgan fingerprint density at radius 3 is 2.54 bits per heavy atom. The van der Waals surface area contributed by atoms with Crippen molar-refractivity contribution in [1.29, 1.82) is 0 Å². The van der Waals surface area contributed by atoms with Gasteiger partial charge in [0.05, 0.1) is 29.0 Å². The summed E-state index contributed by atoms with van der Waals surface area (Å²) in [7, 11) is -2.98. The molecule has 0 radical (unpaired) electrons. The number of nitro benzene ring substituents is 1. The van der Waals surface area contributed by atoms with E-state index in [0.717, 1.165) is 12.0 Å². The van der Waals surface area contributed by atoms with Gasteiger partial charge in [0, 0.05) is 66.3 Å². The molecule has 3 heterocycles. The molecule has 2 amide bonds. The first-order chi connectivity index (χ1) is 23.0. The highest BCUT2D eigenvalue weighted by molar-refractivity contribution is 6.71. The summed E-state index contributed by atoms with van der Waals surface area (Å²) in [6, 6.07) is 20.9. The van der Waals surface area contributed by atoms with Gasteiger partial charge in [-0.1, -0.05) is 42.5 Å². The molecule has 2 aliphatic heterocycles. The number of carbonyl (C=O) groups is 2. The molecule has 3 aromatic carbocycles. The number of aliphatic hydroxyl groups excluding tert-OH is 1. The van der Waals surface area contributed by atoms with E-state index in [1.165, 1.54) is 17.0 Å². The number of carbonyl (C=O) groups excluding carboxylic acids is 2. The van der Waals surface area contributed by atoms with Crippen molar-refractivity contribution in [3.05, 3.63) is 106 Å². The molecule has 1 spiro atoms. The Labute approximate surface area is 278 Å². The third-order valence-corrected chi connectivity index (χ3v) is 11.9. The molecule has 13 nitrogen and oxygen atoms in total. The van der Waals surface area contributed by atoms with E-state index in [9.17, 15) is 29.6 Å². The van der Waals surface area contributed by atoms with E-state index in [1.807, 2.05) is 74.6 Å². The zero-order valence-corrected chi connectivity index (χ0v) is 28.0. The number of para-hydroxylation sites is 1. The van der Waals surface area contributed by atoms with Crippen molar-refractivity contribution >= 4 is 43.4 Å². The normalized spacial score (nSPS) is 21.9. The van der Waals surface area contributed by atoms with Crippen molar-refractivity contribution in [2.75, 3.05) is 16.4 Å². The zero-order valence-electron chi connectivity index (χ0n) is 27.0. The van der Waals surface area contributed by atoms with E-state index in [2.05, 4.69) is 10.3 Å². The molecule has 250 valence electrons. The maximum atomic E-state index is 14.8. The molecular formula is C34H38N6O7Si. The van der Waals surface area contributed by atoms with Gasteiger partial charge in [-0.15, -0.1) is 5.10 Å². The first-order valence-electron chi connectivity index (χ1n) is 15.9. The molecule has 2 aliphatic rings. The Bertz CT molecular complexity index is 1830. The van der Waals surface area contributed by atoms with Gasteiger partial charge in [0.25, 0.3) is 11.6 Å². The predicted molar refractivity (Wildman–Crippen MR) is 180 cm³/mol. The lowest BCUT2D eigenvalue weighted by molar-refractivity contribution is -0.385. The lowest BCUT2D eigenvalue weighted by Gasteiger charge is -2.32. The number of aromatic nitrogens is 3. The zero-order chi connectivity index (χ0) is 34.2. The molecule has 6 rings (SSSR count). The number of benzene rings is 3. The third kappa shape index (κ3) is 5.92. The summed E-state index contributed by atoms with van der Waals surface area (Å²) in [6.07, 6.45) is 2.72. The molecule has 48 heavy (non-hydrogen) atoms. The monoisotopic (exact) mass is 670 g/mol. The van der Waals surface area contributed by atoms with Gasteiger partial charge < -0.3 is 19.5 Å². The maximum absolute atomic E-state index is 14.8. The quantitative estimate of drug-likeness (QED) is 0.0959. The third-order valence-electron chi connectivity index (χ3n) is 9.44. The van der Waals surface area contributed by atoms with E-state index in [-0.39, 0.29) is 30.3 Å². The number of aryl methyl sites for hydroxylation is 1. The Kier molecular flexibility index (Phi) is 9.00. The molecule has 0 bridgehead atoms. The van der Waals surface area contributed by atoms with Gasteiger partial charge in [-0.3, -0.25) is 29.3 Å². The Morgan fingerprint density at radius 1 is 1.10 bits per heavy atom. The van der Waals surface area contributed by atoms with Crippen LogP contribution in [-0.2, 0) is 39.4 Å². The number of nitrogens with zero attached hydrogens (tertiary/aromatic N) is 6. The summed E-state index contributed by atoms with van der Waals surface area (Å²) in [5, 5.41) is 29.4. The highest BCUT2D eigenvalue weighted by atomic mass is 28.4. The van der Waals surface area contributed by atoms with Crippen molar-refractivity contribution < 1.29 is 29.2 Å². The van der Waals surface area contributed by atoms with Gasteiger partial charge in [0.15, 0.2) is 13.9 Å². The molecule has 0 unspecified atom stereocenters. The number of non-ortho nitro benzene ring substituents is 1. The van der Waals surface area contributed by atoms with Crippen LogP contribution in [0, 0.1) is 16.0 Å². The molecule has 0 saturated carbocycles. The van der Waals surface area contributed by atoms with Crippen LogP contribution in [0.1, 0.15) is 30.2 Å². The van der Waals surface area contributed by atoms with E-state index in [4.69, 9.17) is 4.74 Å². The molecule has 4 atom stereocenters. The average molecular weight is 671 g/mol. The van der Waals surface area contributed by atoms with Gasteiger partial charge in [0.1, 0.15) is 0 Å². The van der Waals surface area contributed by atoms with Crippen LogP contribution in [0.25, 0.3) is 0 Å². The second kappa shape index (κ2) is 13.0. The van der Waals surface area contributed by atoms with Crippen LogP contribution in [-0.4, -0.2) is 63.2 Å². The van der Waals surface area contributed by atoms with Crippen molar-refractivity contribution in [1.82, 2.24) is 15.0 Å². The van der Waals surface area contributed by atoms with Crippen LogP contribution in [0.3, 0.4) is 0 Å². The van der Waals surface area contributed by atoms with Gasteiger partial charge in [0.2, 0.25) is 6.41 Å². The van der Waals surface area contributed by atoms with E-state index >= 15 is 0 Å². The number of amides is 2. The minimum absolute atomic E-state index is 0.0480. The summed E-state index contributed by atoms with van der Waals surface area (Å²) in [5.74, 6) is -0.869. The Balaban J connectivity index is 1.37. The number of ether oxygens (including phenoxy) is 1. The maximum Gasteiger partial charge on any atom is 0.269 e. The van der Waals surface area contributed by atoms with Crippen LogP contribution in [0.4, 0.5) is 22.7 Å². The summed E-state index contributed by atoms with van der Waals surface area (Å²) >= 11 is 0. The van der Waals surface area contributed by atoms with E-state index in [1.54, 1.807) is 21.8 Å². The fourth-order valence-corrected chi connectivity index (χ4v) is 9.99. The highest BCUT2D eigenvalue weighted by Crippen LogP contribution is 2.60. The predicted octanol–water partition coefficient (Wildman–Crippen LogP) is 4.45. The second-order valence-electron chi connectivity index (χ2n) is 12.9. The van der Waals surface area contributed by atoms with Crippen molar-refractivity contribution in [2.45, 2.75) is 63.2 Å². The summed E-state index contributed by atoms with van der Waals surface area (Å²) in [6.45, 7) is 6.00. The number of hydrogen-bond donors (Lipinski definition) is 2. The van der Waals surface area contributed by atoms with Crippen LogP contribution in [0.2, 0.25) is 18.6 Å². The molecule has 1 fully saturated rings. The molecule has 2 N–H and O–H groups in total. The fourth-order valence-electron chi connectivity index (χ4n) is 7.39. The second-order valence-corrected chi connectivity index (χ2v) is 16.9. The van der Waals surface area contributed by atoms with Crippen molar-refractivity contribution in [3.8, 4) is 0 Å². The largest absolute Gasteiger partial charge is 0.432 e. The Hall–Kier alpha value is -4.76. The van der Waals surface area contributed by atoms with Gasteiger partial charge in [-0.25, -0.2) is 0 Å². The minimum atomic E-state index is -2.98. The van der Waals surface area contributed by atoms with E-state index in [0.29, 0.717) is 47.7 Å². The molecule has 1 aromatic heterocycles. The Morgan fingerprint density at radius 2 is 1.85 bits per heavy atom. The summed E-state index contributed by atoms with van der Waals surface area (Å²) in [5.41, 5.74) is 1.49. The van der Waals surface area contributed by atoms with Crippen molar-refractivity contribution in [3.63, 3.8) is 0 Å². The van der Waals surface area contributed by atoms with Crippen LogP contribution in [0.15, 0.2) is 79.0 Å². The molecule has 14 heteroatoms. The molecule has 1 saturated heterocycles. The number of anilines is 3. The molecule has 4 aromatic rings. The van der Waals surface area contributed by atoms with Crippen molar-refractivity contribution in [2.24, 2.45) is 5.92 Å². The number of nitro groups is 1. The lowest BCUT2D eigenvalue weighted by Crippen LogP contribution is -2.46. The summed E-state index contributed by atoms with van der Waals surface area (Å²) < 4.78 is 8.47. The molecular weight excluding hydrogens is 632 g/mol. The number of aliphatic hydroxyl groups is 1. The SMILES string of the molecule is C[C@@H]1[C@@H]([Si](C)(C)O)[C@H](CCn2cc(CCO)nn2)O[C@@]12C(=O)N(Cc1cccc(N(C=O)c3ccccc3)c1)c1ccc([N+](=O)[O-])cc12. The number of rotatable bonds is 12. The van der Waals surface area contributed by atoms with E-state index < -0.39 is 30.9 Å². The van der Waals surface area contributed by atoms with Crippen LogP contribution in [0.5, 0.6) is 0 Å². The summed E-state index contributed by atoms with van der Waals surface area (Å²) in [4.78, 5) is 53.1. The number of fused-ring (bicyclic) bond motifs is 2. The lowest BCUT2D eigenvalue weighted by atomic mass is 9.82. The number of hydrogen-bond acceptors (Lipinski definition) is 9. The fraction of sp³-hybridized carbons (Fsp3) is 0.353. The van der Waals surface area contributed by atoms with Crippen LogP contribution < -0.4 is 9.80 Å². The molecule has 0 aliphatic carbocycles. The topological polar surface area (TPSA) is 164 Å². The van der Waals surface area contributed by atoms with Crippen LogP contribution >= 0.6 is 0 Å².